The van der Waals surface area contributed by atoms with E-state index in [9.17, 15) is 5.26 Å². The SMILES string of the molecule is CCO/C=N/c1sc2c(c1C#N)CC(C(C)C)OC2. The van der Waals surface area contributed by atoms with Crippen molar-refractivity contribution in [1.29, 1.82) is 5.26 Å². The number of aliphatic imine (C=N–C) groups is 1. The van der Waals surface area contributed by atoms with Crippen LogP contribution < -0.4 is 0 Å². The second-order valence-electron chi connectivity index (χ2n) is 4.78. The number of rotatable bonds is 4. The van der Waals surface area contributed by atoms with Gasteiger partial charge in [0.2, 0.25) is 0 Å². The minimum Gasteiger partial charge on any atom is -0.483 e. The Morgan fingerprint density at radius 2 is 2.42 bits per heavy atom. The fourth-order valence-electron chi connectivity index (χ4n) is 2.07. The highest BCUT2D eigenvalue weighted by Crippen LogP contribution is 2.39. The Morgan fingerprint density at radius 3 is 3.05 bits per heavy atom. The molecule has 0 aromatic carbocycles. The molecule has 0 N–H and O–H groups in total. The zero-order chi connectivity index (χ0) is 13.8. The van der Waals surface area contributed by atoms with Crippen LogP contribution in [0.2, 0.25) is 0 Å². The molecule has 0 bridgehead atoms. The van der Waals surface area contributed by atoms with Gasteiger partial charge in [-0.2, -0.15) is 5.26 Å². The average molecular weight is 278 g/mol. The first-order chi connectivity index (χ1) is 9.17. The third kappa shape index (κ3) is 2.96. The van der Waals surface area contributed by atoms with Crippen molar-refractivity contribution in [3.05, 3.63) is 16.0 Å². The summed E-state index contributed by atoms with van der Waals surface area (Å²) in [6, 6.07) is 2.28. The Hall–Kier alpha value is -1.38. The van der Waals surface area contributed by atoms with Gasteiger partial charge in [-0.15, -0.1) is 11.3 Å². The van der Waals surface area contributed by atoms with Crippen LogP contribution in [-0.4, -0.2) is 19.1 Å². The summed E-state index contributed by atoms with van der Waals surface area (Å²) in [4.78, 5) is 5.36. The molecule has 1 aliphatic rings. The number of ether oxygens (including phenoxy) is 2. The molecule has 0 saturated carbocycles. The third-order valence-corrected chi connectivity index (χ3v) is 4.29. The Bertz CT molecular complexity index is 514. The topological polar surface area (TPSA) is 54.6 Å². The number of hydrogen-bond donors (Lipinski definition) is 0. The predicted molar refractivity (Wildman–Crippen MR) is 75.9 cm³/mol. The van der Waals surface area contributed by atoms with E-state index in [1.54, 1.807) is 0 Å². The monoisotopic (exact) mass is 278 g/mol. The van der Waals surface area contributed by atoms with Crippen LogP contribution in [0.25, 0.3) is 0 Å². The van der Waals surface area contributed by atoms with Crippen LogP contribution in [0.1, 0.15) is 36.8 Å². The van der Waals surface area contributed by atoms with E-state index < -0.39 is 0 Å². The van der Waals surface area contributed by atoms with Crippen LogP contribution >= 0.6 is 11.3 Å². The van der Waals surface area contributed by atoms with Crippen LogP contribution in [0.4, 0.5) is 5.00 Å². The summed E-state index contributed by atoms with van der Waals surface area (Å²) in [6.45, 7) is 7.35. The van der Waals surface area contributed by atoms with E-state index in [1.165, 1.54) is 17.7 Å². The lowest BCUT2D eigenvalue weighted by molar-refractivity contribution is 0.00161. The highest BCUT2D eigenvalue weighted by atomic mass is 32.1. The average Bonchev–Trinajstić information content (AvgIpc) is 2.75. The Labute approximate surface area is 117 Å². The molecule has 0 amide bonds. The number of fused-ring (bicyclic) bond motifs is 1. The summed E-state index contributed by atoms with van der Waals surface area (Å²) in [5.41, 5.74) is 1.80. The van der Waals surface area contributed by atoms with Crippen molar-refractivity contribution in [1.82, 2.24) is 0 Å². The molecular formula is C14H18N2O2S. The molecule has 1 aromatic heterocycles. The molecule has 102 valence electrons. The van der Waals surface area contributed by atoms with Crippen molar-refractivity contribution >= 4 is 22.7 Å². The van der Waals surface area contributed by atoms with Gasteiger partial charge in [0, 0.05) is 11.3 Å². The second-order valence-corrected chi connectivity index (χ2v) is 5.87. The molecule has 0 spiro atoms. The zero-order valence-corrected chi connectivity index (χ0v) is 12.3. The highest BCUT2D eigenvalue weighted by Gasteiger charge is 2.27. The lowest BCUT2D eigenvalue weighted by Crippen LogP contribution is -2.26. The molecular weight excluding hydrogens is 260 g/mol. The summed E-state index contributed by atoms with van der Waals surface area (Å²) >= 11 is 1.53. The molecule has 5 heteroatoms. The lowest BCUT2D eigenvalue weighted by Gasteiger charge is -2.26. The Morgan fingerprint density at radius 1 is 1.63 bits per heavy atom. The number of thiophene rings is 1. The van der Waals surface area contributed by atoms with Gasteiger partial charge in [0.15, 0.2) is 6.40 Å². The Kier molecular flexibility index (Phi) is 4.56. The fourth-order valence-corrected chi connectivity index (χ4v) is 3.10. The standard InChI is InChI=1S/C14H18N2O2S/c1-4-17-8-16-14-11(6-15)10-5-12(9(2)3)18-7-13(10)19-14/h8-9,12H,4-5,7H2,1-3H3/b16-8+. The molecule has 19 heavy (non-hydrogen) atoms. The van der Waals surface area contributed by atoms with Crippen molar-refractivity contribution in [2.45, 2.75) is 39.9 Å². The quantitative estimate of drug-likeness (QED) is 0.626. The van der Waals surface area contributed by atoms with Gasteiger partial charge >= 0.3 is 0 Å². The zero-order valence-electron chi connectivity index (χ0n) is 11.5. The van der Waals surface area contributed by atoms with Crippen molar-refractivity contribution in [2.24, 2.45) is 10.9 Å². The van der Waals surface area contributed by atoms with Crippen molar-refractivity contribution in [3.8, 4) is 6.07 Å². The van der Waals surface area contributed by atoms with E-state index in [0.29, 0.717) is 24.7 Å². The minimum absolute atomic E-state index is 0.193. The number of nitrogens with zero attached hydrogens (tertiary/aromatic N) is 2. The van der Waals surface area contributed by atoms with Gasteiger partial charge in [-0.25, -0.2) is 4.99 Å². The molecule has 0 radical (unpaired) electrons. The first kappa shape index (κ1) is 14.0. The van der Waals surface area contributed by atoms with Crippen LogP contribution in [-0.2, 0) is 22.5 Å². The van der Waals surface area contributed by atoms with Gasteiger partial charge in [0.25, 0.3) is 0 Å². The maximum absolute atomic E-state index is 9.35. The normalized spacial score (nSPS) is 18.6. The van der Waals surface area contributed by atoms with E-state index in [-0.39, 0.29) is 6.10 Å². The molecule has 1 aromatic rings. The van der Waals surface area contributed by atoms with Gasteiger partial charge < -0.3 is 9.47 Å². The second kappa shape index (κ2) is 6.18. The summed E-state index contributed by atoms with van der Waals surface area (Å²) in [6.07, 6.45) is 2.41. The van der Waals surface area contributed by atoms with Crippen molar-refractivity contribution in [3.63, 3.8) is 0 Å². The van der Waals surface area contributed by atoms with Gasteiger partial charge in [0.05, 0.1) is 24.9 Å². The van der Waals surface area contributed by atoms with E-state index in [4.69, 9.17) is 9.47 Å². The predicted octanol–water partition coefficient (Wildman–Crippen LogP) is 3.41. The van der Waals surface area contributed by atoms with Crippen LogP contribution in [0, 0.1) is 17.2 Å². The maximum Gasteiger partial charge on any atom is 0.175 e. The summed E-state index contributed by atoms with van der Waals surface area (Å²) in [5, 5.41) is 10.1. The van der Waals surface area contributed by atoms with Gasteiger partial charge in [0.1, 0.15) is 11.1 Å². The molecule has 0 saturated heterocycles. The fraction of sp³-hybridized carbons (Fsp3) is 0.571. The first-order valence-electron chi connectivity index (χ1n) is 6.47. The molecule has 0 fully saturated rings. The smallest absolute Gasteiger partial charge is 0.175 e. The minimum atomic E-state index is 0.193. The van der Waals surface area contributed by atoms with E-state index in [0.717, 1.165) is 21.9 Å². The number of nitriles is 1. The largest absolute Gasteiger partial charge is 0.483 e. The van der Waals surface area contributed by atoms with Gasteiger partial charge in [-0.3, -0.25) is 0 Å². The first-order valence-corrected chi connectivity index (χ1v) is 7.29. The molecule has 2 rings (SSSR count). The van der Waals surface area contributed by atoms with Crippen LogP contribution in [0.15, 0.2) is 4.99 Å². The molecule has 2 heterocycles. The van der Waals surface area contributed by atoms with E-state index in [1.807, 2.05) is 6.92 Å². The molecule has 0 aliphatic carbocycles. The van der Waals surface area contributed by atoms with Gasteiger partial charge in [-0.05, 0) is 18.4 Å². The Balaban J connectivity index is 2.29. The molecule has 1 unspecified atom stereocenters. The van der Waals surface area contributed by atoms with Crippen LogP contribution in [0.3, 0.4) is 0 Å². The molecule has 1 atom stereocenters. The maximum atomic E-state index is 9.35. The van der Waals surface area contributed by atoms with Crippen LogP contribution in [0.5, 0.6) is 0 Å². The van der Waals surface area contributed by atoms with E-state index in [2.05, 4.69) is 24.9 Å². The molecule has 4 nitrogen and oxygen atoms in total. The summed E-state index contributed by atoms with van der Waals surface area (Å²) in [7, 11) is 0. The van der Waals surface area contributed by atoms with Crippen molar-refractivity contribution < 1.29 is 9.47 Å². The van der Waals surface area contributed by atoms with E-state index >= 15 is 0 Å². The highest BCUT2D eigenvalue weighted by molar-refractivity contribution is 7.16. The lowest BCUT2D eigenvalue weighted by atomic mass is 9.95. The molecule has 1 aliphatic heterocycles. The third-order valence-electron chi connectivity index (χ3n) is 3.17. The number of hydrogen-bond acceptors (Lipinski definition) is 5. The summed E-state index contributed by atoms with van der Waals surface area (Å²) in [5.74, 6) is 0.454. The van der Waals surface area contributed by atoms with Gasteiger partial charge in [-0.1, -0.05) is 13.8 Å². The summed E-state index contributed by atoms with van der Waals surface area (Å²) < 4.78 is 10.9. The van der Waals surface area contributed by atoms with Crippen molar-refractivity contribution in [2.75, 3.05) is 6.61 Å².